The molecule has 0 bridgehead atoms. The van der Waals surface area contributed by atoms with Crippen LogP contribution < -0.4 is 21.9 Å². The van der Waals surface area contributed by atoms with Gasteiger partial charge in [0.1, 0.15) is 6.54 Å². The van der Waals surface area contributed by atoms with Gasteiger partial charge < -0.3 is 10.6 Å². The first-order valence-corrected chi connectivity index (χ1v) is 12.8. The topological polar surface area (TPSA) is 120 Å². The maximum Gasteiger partial charge on any atom is 0.352 e. The molecule has 10 heteroatoms. The van der Waals surface area contributed by atoms with Crippen LogP contribution in [0.4, 0.5) is 5.69 Å². The number of hydrogen-bond acceptors (Lipinski definition) is 5. The van der Waals surface area contributed by atoms with E-state index in [1.807, 2.05) is 52.0 Å². The molecule has 38 heavy (non-hydrogen) atoms. The minimum absolute atomic E-state index is 0.108. The summed E-state index contributed by atoms with van der Waals surface area (Å²) in [5.41, 5.74) is 1.43. The van der Waals surface area contributed by atoms with Gasteiger partial charge in [0.25, 0.3) is 11.5 Å². The Hall–Kier alpha value is -4.21. The fraction of sp³-hybridized carbons (Fsp3) is 0.393. The van der Waals surface area contributed by atoms with Crippen molar-refractivity contribution in [1.82, 2.24) is 24.1 Å². The number of nitrogens with zero attached hydrogens (tertiary/aromatic N) is 4. The van der Waals surface area contributed by atoms with Crippen LogP contribution in [0.2, 0.25) is 0 Å². The first-order valence-electron chi connectivity index (χ1n) is 12.8. The number of fused-ring (bicyclic) bond motifs is 3. The van der Waals surface area contributed by atoms with Crippen molar-refractivity contribution in [2.24, 2.45) is 5.92 Å². The summed E-state index contributed by atoms with van der Waals surface area (Å²) in [7, 11) is 0. The Kier molecular flexibility index (Phi) is 7.52. The highest BCUT2D eigenvalue weighted by molar-refractivity contribution is 5.98. The summed E-state index contributed by atoms with van der Waals surface area (Å²) < 4.78 is 3.75. The molecule has 2 N–H and O–H groups in total. The first kappa shape index (κ1) is 26.8. The van der Waals surface area contributed by atoms with Crippen LogP contribution in [0.15, 0.2) is 52.1 Å². The van der Waals surface area contributed by atoms with E-state index >= 15 is 0 Å². The molecule has 2 amide bonds. The Morgan fingerprint density at radius 3 is 2.24 bits per heavy atom. The molecule has 4 aromatic rings. The molecule has 2 aromatic heterocycles. The summed E-state index contributed by atoms with van der Waals surface area (Å²) in [6.07, 6.45) is 0. The van der Waals surface area contributed by atoms with E-state index < -0.39 is 11.6 Å². The van der Waals surface area contributed by atoms with Gasteiger partial charge in [0, 0.05) is 23.8 Å². The van der Waals surface area contributed by atoms with Gasteiger partial charge in [-0.25, -0.2) is 13.9 Å². The predicted molar refractivity (Wildman–Crippen MR) is 148 cm³/mol. The maximum atomic E-state index is 13.5. The summed E-state index contributed by atoms with van der Waals surface area (Å²) in [5, 5.41) is 10.3. The number of carbonyl (C=O) groups excluding carboxylic acids is 2. The van der Waals surface area contributed by atoms with Gasteiger partial charge in [-0.1, -0.05) is 39.8 Å². The lowest BCUT2D eigenvalue weighted by Crippen LogP contribution is -2.30. The summed E-state index contributed by atoms with van der Waals surface area (Å²) >= 11 is 0. The summed E-state index contributed by atoms with van der Waals surface area (Å²) in [4.78, 5) is 52.4. The smallest absolute Gasteiger partial charge is 0.352 e. The number of rotatable bonds is 8. The average Bonchev–Trinajstić information content (AvgIpc) is 3.17. The van der Waals surface area contributed by atoms with Crippen molar-refractivity contribution in [1.29, 1.82) is 0 Å². The van der Waals surface area contributed by atoms with Gasteiger partial charge in [-0.3, -0.25) is 19.0 Å². The largest absolute Gasteiger partial charge is 0.352 e. The molecule has 0 saturated carbocycles. The summed E-state index contributed by atoms with van der Waals surface area (Å²) in [5.74, 6) is 0.0155. The van der Waals surface area contributed by atoms with Crippen molar-refractivity contribution in [2.75, 3.05) is 11.9 Å². The Balaban J connectivity index is 1.76. The highest BCUT2D eigenvalue weighted by Gasteiger charge is 2.21. The highest BCUT2D eigenvalue weighted by Crippen LogP contribution is 2.18. The fourth-order valence-electron chi connectivity index (χ4n) is 4.28. The van der Waals surface area contributed by atoms with Gasteiger partial charge in [-0.2, -0.15) is 0 Å². The van der Waals surface area contributed by atoms with Gasteiger partial charge in [0.15, 0.2) is 0 Å². The number of hydrogen-bond donors (Lipinski definition) is 2. The monoisotopic (exact) mass is 518 g/mol. The zero-order valence-electron chi connectivity index (χ0n) is 22.6. The third-order valence-corrected chi connectivity index (χ3v) is 6.33. The number of carbonyl (C=O) groups is 2. The molecule has 0 spiro atoms. The molecule has 0 atom stereocenters. The molecule has 0 fully saturated rings. The molecule has 2 aromatic carbocycles. The van der Waals surface area contributed by atoms with Crippen LogP contribution in [0, 0.1) is 5.92 Å². The Bertz CT molecular complexity index is 1620. The van der Waals surface area contributed by atoms with Crippen LogP contribution in [-0.4, -0.2) is 37.1 Å². The van der Waals surface area contributed by atoms with E-state index in [2.05, 4.69) is 29.6 Å². The molecular formula is C28H34N6O4. The second-order valence-corrected chi connectivity index (χ2v) is 10.5. The van der Waals surface area contributed by atoms with Crippen molar-refractivity contribution in [3.05, 3.63) is 74.4 Å². The Morgan fingerprint density at radius 2 is 1.63 bits per heavy atom. The second-order valence-electron chi connectivity index (χ2n) is 10.5. The second kappa shape index (κ2) is 10.6. The van der Waals surface area contributed by atoms with Crippen molar-refractivity contribution in [3.63, 3.8) is 0 Å². The normalized spacial score (nSPS) is 11.7. The highest BCUT2D eigenvalue weighted by atomic mass is 16.2. The first-order chi connectivity index (χ1) is 18.0. The lowest BCUT2D eigenvalue weighted by Gasteiger charge is -2.13. The molecule has 0 radical (unpaired) electrons. The molecule has 0 saturated heterocycles. The van der Waals surface area contributed by atoms with Gasteiger partial charge in [-0.05, 0) is 61.6 Å². The standard InChI is InChI=1S/C28H34N6O4/c1-16(2)14-29-25(36)20-9-12-22-23(13-20)34-27(33(18(5)6)26(22)37)31-32(28(34)38)15-24(35)30-21-10-7-19(8-11-21)17(3)4/h7-13,16-18H,14-15H2,1-6H3,(H,29,36)(H,30,35). The van der Waals surface area contributed by atoms with Gasteiger partial charge >= 0.3 is 5.69 Å². The van der Waals surface area contributed by atoms with E-state index in [-0.39, 0.29) is 46.7 Å². The average molecular weight is 519 g/mol. The number of benzene rings is 2. The Morgan fingerprint density at radius 1 is 0.947 bits per heavy atom. The molecule has 0 aliphatic carbocycles. The third-order valence-electron chi connectivity index (χ3n) is 6.33. The minimum Gasteiger partial charge on any atom is -0.352 e. The van der Waals surface area contributed by atoms with E-state index in [1.54, 1.807) is 12.1 Å². The van der Waals surface area contributed by atoms with Crippen LogP contribution in [0.1, 0.15) is 69.4 Å². The zero-order chi connectivity index (χ0) is 27.7. The molecule has 0 aliphatic rings. The van der Waals surface area contributed by atoms with E-state index in [4.69, 9.17) is 0 Å². The summed E-state index contributed by atoms with van der Waals surface area (Å²) in [6.45, 7) is 11.9. The van der Waals surface area contributed by atoms with E-state index in [0.717, 1.165) is 10.2 Å². The van der Waals surface area contributed by atoms with Crippen LogP contribution >= 0.6 is 0 Å². The molecular weight excluding hydrogens is 484 g/mol. The Labute approximate surface area is 220 Å². The fourth-order valence-corrected chi connectivity index (χ4v) is 4.28. The molecule has 0 aliphatic heterocycles. The zero-order valence-corrected chi connectivity index (χ0v) is 22.6. The van der Waals surface area contributed by atoms with E-state index in [1.165, 1.54) is 15.0 Å². The van der Waals surface area contributed by atoms with Crippen LogP contribution in [-0.2, 0) is 11.3 Å². The van der Waals surface area contributed by atoms with E-state index in [0.29, 0.717) is 23.7 Å². The number of anilines is 1. The SMILES string of the molecule is CC(C)CNC(=O)c1ccc2c(=O)n(C(C)C)c3nn(CC(=O)Nc4ccc(C(C)C)cc4)c(=O)n3c2c1. The lowest BCUT2D eigenvalue weighted by molar-refractivity contribution is -0.117. The van der Waals surface area contributed by atoms with Crippen LogP contribution in [0.3, 0.4) is 0 Å². The van der Waals surface area contributed by atoms with Crippen molar-refractivity contribution >= 4 is 34.2 Å². The molecule has 2 heterocycles. The lowest BCUT2D eigenvalue weighted by atomic mass is 10.0. The van der Waals surface area contributed by atoms with Gasteiger partial charge in [-0.15, -0.1) is 5.10 Å². The van der Waals surface area contributed by atoms with Crippen molar-refractivity contribution in [2.45, 2.75) is 60.0 Å². The molecule has 4 rings (SSSR count). The molecule has 10 nitrogen and oxygen atoms in total. The number of amides is 2. The predicted octanol–water partition coefficient (Wildman–Crippen LogP) is 3.54. The molecule has 200 valence electrons. The number of aromatic nitrogens is 4. The van der Waals surface area contributed by atoms with Gasteiger partial charge in [0.05, 0.1) is 10.9 Å². The maximum absolute atomic E-state index is 13.5. The van der Waals surface area contributed by atoms with E-state index in [9.17, 15) is 19.2 Å². The summed E-state index contributed by atoms with van der Waals surface area (Å²) in [6, 6.07) is 11.9. The molecule has 0 unspecified atom stereocenters. The quantitative estimate of drug-likeness (QED) is 0.370. The van der Waals surface area contributed by atoms with Crippen LogP contribution in [0.5, 0.6) is 0 Å². The van der Waals surface area contributed by atoms with Crippen molar-refractivity contribution < 1.29 is 9.59 Å². The minimum atomic E-state index is -0.579. The number of nitrogens with one attached hydrogen (secondary N) is 2. The third kappa shape index (κ3) is 5.25. The van der Waals surface area contributed by atoms with Crippen molar-refractivity contribution in [3.8, 4) is 0 Å². The van der Waals surface area contributed by atoms with Crippen LogP contribution in [0.25, 0.3) is 16.7 Å². The van der Waals surface area contributed by atoms with Gasteiger partial charge in [0.2, 0.25) is 11.7 Å².